The van der Waals surface area contributed by atoms with Crippen molar-refractivity contribution < 1.29 is 14.7 Å². The van der Waals surface area contributed by atoms with E-state index in [2.05, 4.69) is 5.32 Å². The molecule has 0 radical (unpaired) electrons. The van der Waals surface area contributed by atoms with Crippen molar-refractivity contribution in [3.8, 4) is 0 Å². The molecule has 1 aromatic heterocycles. The molecule has 1 saturated carbocycles. The maximum Gasteiger partial charge on any atom is 0.307 e. The van der Waals surface area contributed by atoms with Crippen molar-refractivity contribution in [2.24, 2.45) is 0 Å². The van der Waals surface area contributed by atoms with Crippen LogP contribution in [0.1, 0.15) is 58.6 Å². The Morgan fingerprint density at radius 2 is 1.76 bits per heavy atom. The molecule has 4 aromatic rings. The van der Waals surface area contributed by atoms with Gasteiger partial charge in [-0.3, -0.25) is 14.3 Å². The van der Waals surface area contributed by atoms with Crippen LogP contribution in [-0.2, 0) is 24.2 Å². The topological polar surface area (TPSA) is 84.2 Å². The first-order valence-corrected chi connectivity index (χ1v) is 11.7. The summed E-state index contributed by atoms with van der Waals surface area (Å²) in [7, 11) is 0. The van der Waals surface area contributed by atoms with Gasteiger partial charge in [-0.2, -0.15) is 5.10 Å². The maximum absolute atomic E-state index is 12.9. The lowest BCUT2D eigenvalue weighted by Gasteiger charge is -2.11. The Kier molecular flexibility index (Phi) is 5.88. The summed E-state index contributed by atoms with van der Waals surface area (Å²) in [5.74, 6) is -0.553. The highest BCUT2D eigenvalue weighted by atomic mass is 16.4. The highest BCUT2D eigenvalue weighted by Crippen LogP contribution is 2.43. The van der Waals surface area contributed by atoms with Crippen LogP contribution in [0.25, 0.3) is 10.8 Å². The maximum atomic E-state index is 12.9. The number of hydrogen-bond acceptors (Lipinski definition) is 3. The van der Waals surface area contributed by atoms with E-state index >= 15 is 0 Å². The van der Waals surface area contributed by atoms with E-state index in [1.165, 1.54) is 0 Å². The molecule has 6 heteroatoms. The van der Waals surface area contributed by atoms with Crippen LogP contribution in [-0.4, -0.2) is 26.8 Å². The smallest absolute Gasteiger partial charge is 0.307 e. The second-order valence-corrected chi connectivity index (χ2v) is 8.84. The summed E-state index contributed by atoms with van der Waals surface area (Å²) in [6, 6.07) is 21.4. The van der Waals surface area contributed by atoms with Crippen LogP contribution >= 0.6 is 0 Å². The summed E-state index contributed by atoms with van der Waals surface area (Å²) in [6.45, 7) is 2.60. The fourth-order valence-corrected chi connectivity index (χ4v) is 4.61. The van der Waals surface area contributed by atoms with Crippen LogP contribution < -0.4 is 5.32 Å². The highest BCUT2D eigenvalue weighted by Gasteiger charge is 2.32. The van der Waals surface area contributed by atoms with Gasteiger partial charge in [-0.05, 0) is 53.8 Å². The Labute approximate surface area is 198 Å². The molecule has 172 valence electrons. The van der Waals surface area contributed by atoms with Crippen molar-refractivity contribution in [2.75, 3.05) is 5.32 Å². The van der Waals surface area contributed by atoms with Gasteiger partial charge in [-0.1, -0.05) is 55.5 Å². The van der Waals surface area contributed by atoms with Crippen molar-refractivity contribution >= 4 is 28.3 Å². The number of anilines is 1. The first-order valence-electron chi connectivity index (χ1n) is 11.7. The SMILES string of the molecule is CCc1nn(Cc2ccc(NC(=O)c3cccc4ccccc34)cc2)c(C2CC2)c1CC(=O)O. The predicted molar refractivity (Wildman–Crippen MR) is 132 cm³/mol. The minimum atomic E-state index is -0.817. The largest absolute Gasteiger partial charge is 0.481 e. The number of nitrogens with zero attached hydrogens (tertiary/aromatic N) is 2. The van der Waals surface area contributed by atoms with E-state index in [4.69, 9.17) is 5.10 Å². The number of carboxylic acid groups (broad SMARTS) is 1. The average molecular weight is 454 g/mol. The molecule has 6 nitrogen and oxygen atoms in total. The van der Waals surface area contributed by atoms with Crippen LogP contribution in [0.3, 0.4) is 0 Å². The minimum Gasteiger partial charge on any atom is -0.481 e. The number of amides is 1. The van der Waals surface area contributed by atoms with E-state index in [0.29, 0.717) is 24.4 Å². The zero-order chi connectivity index (χ0) is 23.7. The van der Waals surface area contributed by atoms with Gasteiger partial charge >= 0.3 is 5.97 Å². The molecule has 1 amide bonds. The van der Waals surface area contributed by atoms with Gasteiger partial charge in [0.15, 0.2) is 0 Å². The summed E-state index contributed by atoms with van der Waals surface area (Å²) in [4.78, 5) is 24.3. The number of aliphatic carboxylic acids is 1. The van der Waals surface area contributed by atoms with E-state index in [9.17, 15) is 14.7 Å². The average Bonchev–Trinajstić information content (AvgIpc) is 3.62. The Bertz CT molecular complexity index is 1360. The normalized spacial score (nSPS) is 13.2. The number of carboxylic acids is 1. The molecule has 1 aliphatic rings. The Morgan fingerprint density at radius 3 is 2.47 bits per heavy atom. The zero-order valence-corrected chi connectivity index (χ0v) is 19.1. The minimum absolute atomic E-state index is 0.0220. The molecule has 1 heterocycles. The second kappa shape index (κ2) is 9.14. The monoisotopic (exact) mass is 453 g/mol. The first-order chi connectivity index (χ1) is 16.5. The Hall–Kier alpha value is -3.93. The van der Waals surface area contributed by atoms with Gasteiger partial charge in [0.1, 0.15) is 0 Å². The summed E-state index contributed by atoms with van der Waals surface area (Å²) < 4.78 is 1.98. The highest BCUT2D eigenvalue weighted by molar-refractivity contribution is 6.12. The van der Waals surface area contributed by atoms with Crippen molar-refractivity contribution in [3.63, 3.8) is 0 Å². The van der Waals surface area contributed by atoms with Gasteiger partial charge < -0.3 is 10.4 Å². The van der Waals surface area contributed by atoms with Crippen LogP contribution in [0.5, 0.6) is 0 Å². The number of benzene rings is 3. The second-order valence-electron chi connectivity index (χ2n) is 8.84. The molecule has 0 bridgehead atoms. The van der Waals surface area contributed by atoms with Gasteiger partial charge in [0.25, 0.3) is 5.91 Å². The molecular formula is C28H27N3O3. The van der Waals surface area contributed by atoms with E-state index in [-0.39, 0.29) is 12.3 Å². The summed E-state index contributed by atoms with van der Waals surface area (Å²) in [6.07, 6.45) is 2.91. The number of aryl methyl sites for hydroxylation is 1. The van der Waals surface area contributed by atoms with Crippen molar-refractivity contribution in [3.05, 3.63) is 94.8 Å². The fraction of sp³-hybridized carbons (Fsp3) is 0.250. The van der Waals surface area contributed by atoms with E-state index in [1.807, 2.05) is 78.3 Å². The van der Waals surface area contributed by atoms with Gasteiger partial charge in [0.2, 0.25) is 0 Å². The molecule has 0 atom stereocenters. The van der Waals surface area contributed by atoms with Crippen molar-refractivity contribution in [1.82, 2.24) is 9.78 Å². The number of fused-ring (bicyclic) bond motifs is 1. The van der Waals surface area contributed by atoms with Crippen LogP contribution in [0.15, 0.2) is 66.7 Å². The van der Waals surface area contributed by atoms with Crippen LogP contribution in [0.4, 0.5) is 5.69 Å². The third-order valence-electron chi connectivity index (χ3n) is 6.38. The van der Waals surface area contributed by atoms with Crippen molar-refractivity contribution in [2.45, 2.75) is 45.1 Å². The third-order valence-corrected chi connectivity index (χ3v) is 6.38. The number of carbonyl (C=O) groups is 2. The lowest BCUT2D eigenvalue weighted by atomic mass is 10.0. The molecule has 0 spiro atoms. The number of aromatic nitrogens is 2. The molecule has 2 N–H and O–H groups in total. The number of carbonyl (C=O) groups excluding carboxylic acids is 1. The Balaban J connectivity index is 1.35. The van der Waals surface area contributed by atoms with Crippen LogP contribution in [0, 0.1) is 0 Å². The molecule has 1 fully saturated rings. The molecule has 34 heavy (non-hydrogen) atoms. The van der Waals surface area contributed by atoms with Gasteiger partial charge in [0, 0.05) is 28.4 Å². The molecular weight excluding hydrogens is 426 g/mol. The zero-order valence-electron chi connectivity index (χ0n) is 19.1. The summed E-state index contributed by atoms with van der Waals surface area (Å²) in [5.41, 5.74) is 5.26. The summed E-state index contributed by atoms with van der Waals surface area (Å²) >= 11 is 0. The fourth-order valence-electron chi connectivity index (χ4n) is 4.61. The summed E-state index contributed by atoms with van der Waals surface area (Å²) in [5, 5.41) is 19.1. The lowest BCUT2D eigenvalue weighted by molar-refractivity contribution is -0.136. The molecule has 1 aliphatic carbocycles. The Morgan fingerprint density at radius 1 is 1.03 bits per heavy atom. The third kappa shape index (κ3) is 4.44. The first kappa shape index (κ1) is 21.9. The van der Waals surface area contributed by atoms with Gasteiger partial charge in [-0.25, -0.2) is 0 Å². The van der Waals surface area contributed by atoms with E-state index < -0.39 is 5.97 Å². The lowest BCUT2D eigenvalue weighted by Crippen LogP contribution is -2.12. The van der Waals surface area contributed by atoms with Crippen molar-refractivity contribution in [1.29, 1.82) is 0 Å². The molecule has 5 rings (SSSR count). The molecule has 0 saturated heterocycles. The quantitative estimate of drug-likeness (QED) is 0.374. The molecule has 3 aromatic carbocycles. The number of rotatable bonds is 8. The standard InChI is InChI=1S/C28H27N3O3/c1-2-25-24(16-26(32)33)27(20-12-13-20)31(30-25)17-18-10-14-21(15-11-18)29-28(34)23-9-5-7-19-6-3-4-8-22(19)23/h3-11,14-15,20H,2,12-13,16-17H2,1H3,(H,29,34)(H,32,33). The van der Waals surface area contributed by atoms with Gasteiger partial charge in [0.05, 0.1) is 18.7 Å². The number of hydrogen-bond donors (Lipinski definition) is 2. The molecule has 0 aliphatic heterocycles. The van der Waals surface area contributed by atoms with E-state index in [0.717, 1.165) is 51.8 Å². The molecule has 0 unspecified atom stereocenters. The van der Waals surface area contributed by atoms with Gasteiger partial charge in [-0.15, -0.1) is 0 Å². The van der Waals surface area contributed by atoms with Crippen LogP contribution in [0.2, 0.25) is 0 Å². The number of nitrogens with one attached hydrogen (secondary N) is 1. The van der Waals surface area contributed by atoms with E-state index in [1.54, 1.807) is 0 Å². The predicted octanol–water partition coefficient (Wildman–Crippen LogP) is 5.40.